The normalized spacial score (nSPS) is 16.6. The predicted octanol–water partition coefficient (Wildman–Crippen LogP) is 5.63. The predicted molar refractivity (Wildman–Crippen MR) is 116 cm³/mol. The number of aliphatic hydroxyl groups excluding tert-OH is 1. The number of carbonyl (C=O) groups is 1. The van der Waals surface area contributed by atoms with Crippen LogP contribution in [0.5, 0.6) is 0 Å². The minimum absolute atomic E-state index is 0.0312. The average Bonchev–Trinajstić information content (AvgIpc) is 2.54. The fraction of sp³-hybridized carbons (Fsp3) is 0.773. The standard InChI is InChI=1S/C22H42O4Si/c1-11-21(26-27(15(3)4,16(5)6)17(7)8)20(23)14-18(9)13-19(10)22(24)25-12-2/h11,13,15-18,20-21,23H,1,12,14H2,2-10H3/b19-13+/t18-,20-,21-/m0/s1. The summed E-state index contributed by atoms with van der Waals surface area (Å²) < 4.78 is 11.7. The molecule has 0 aliphatic rings. The molecule has 1 N–H and O–H groups in total. The van der Waals surface area contributed by atoms with Crippen LogP contribution >= 0.6 is 0 Å². The monoisotopic (exact) mass is 398 g/mol. The lowest BCUT2D eigenvalue weighted by Crippen LogP contribution is -2.52. The van der Waals surface area contributed by atoms with E-state index in [1.165, 1.54) is 0 Å². The van der Waals surface area contributed by atoms with Crippen LogP contribution in [0.3, 0.4) is 0 Å². The fourth-order valence-corrected chi connectivity index (χ4v) is 9.79. The lowest BCUT2D eigenvalue weighted by molar-refractivity contribution is -0.138. The summed E-state index contributed by atoms with van der Waals surface area (Å²) in [5.74, 6) is -0.273. The van der Waals surface area contributed by atoms with Gasteiger partial charge in [-0.05, 0) is 42.8 Å². The van der Waals surface area contributed by atoms with Crippen LogP contribution < -0.4 is 0 Å². The third-order valence-electron chi connectivity index (χ3n) is 5.40. The molecule has 0 aromatic carbocycles. The number of ether oxygens (including phenoxy) is 1. The Hall–Kier alpha value is -0.913. The smallest absolute Gasteiger partial charge is 0.333 e. The van der Waals surface area contributed by atoms with Crippen molar-refractivity contribution in [2.24, 2.45) is 5.92 Å². The van der Waals surface area contributed by atoms with Crippen molar-refractivity contribution >= 4 is 14.3 Å². The third kappa shape index (κ3) is 7.20. The van der Waals surface area contributed by atoms with E-state index in [0.29, 0.717) is 35.2 Å². The second-order valence-electron chi connectivity index (χ2n) is 8.49. The molecule has 5 heteroatoms. The molecule has 0 rings (SSSR count). The molecule has 0 spiro atoms. The summed E-state index contributed by atoms with van der Waals surface area (Å²) in [5, 5.41) is 10.8. The highest BCUT2D eigenvalue weighted by Gasteiger charge is 2.47. The minimum Gasteiger partial charge on any atom is -0.463 e. The number of carbonyl (C=O) groups excluding carboxylic acids is 1. The van der Waals surface area contributed by atoms with Gasteiger partial charge in [-0.15, -0.1) is 6.58 Å². The van der Waals surface area contributed by atoms with E-state index >= 15 is 0 Å². The SMILES string of the molecule is C=C[C@H](O[Si](C(C)C)(C(C)C)C(C)C)[C@@H](O)C[C@@H](C)/C=C(\C)C(=O)OCC. The Morgan fingerprint density at radius 1 is 1.07 bits per heavy atom. The highest BCUT2D eigenvalue weighted by Crippen LogP contribution is 2.43. The maximum atomic E-state index is 11.8. The van der Waals surface area contributed by atoms with Crippen LogP contribution in [0.15, 0.2) is 24.3 Å². The van der Waals surface area contributed by atoms with Gasteiger partial charge >= 0.3 is 5.97 Å². The first-order valence-corrected chi connectivity index (χ1v) is 12.4. The molecule has 0 unspecified atom stereocenters. The van der Waals surface area contributed by atoms with E-state index in [4.69, 9.17) is 9.16 Å². The zero-order chi connectivity index (χ0) is 21.4. The van der Waals surface area contributed by atoms with Gasteiger partial charge in [0.2, 0.25) is 8.32 Å². The molecule has 3 atom stereocenters. The molecule has 0 saturated heterocycles. The Bertz CT molecular complexity index is 475. The molecule has 27 heavy (non-hydrogen) atoms. The fourth-order valence-electron chi connectivity index (χ4n) is 4.25. The Morgan fingerprint density at radius 3 is 1.93 bits per heavy atom. The van der Waals surface area contributed by atoms with Gasteiger partial charge < -0.3 is 14.3 Å². The number of hydrogen-bond donors (Lipinski definition) is 1. The lowest BCUT2D eigenvalue weighted by atomic mass is 9.98. The maximum absolute atomic E-state index is 11.8. The molecule has 0 saturated carbocycles. The molecular weight excluding hydrogens is 356 g/mol. The molecule has 0 aromatic rings. The number of rotatable bonds is 12. The van der Waals surface area contributed by atoms with Crippen LogP contribution in [-0.2, 0) is 14.0 Å². The zero-order valence-corrected chi connectivity index (χ0v) is 19.9. The van der Waals surface area contributed by atoms with Gasteiger partial charge in [-0.2, -0.15) is 0 Å². The first-order valence-electron chi connectivity index (χ1n) is 10.3. The van der Waals surface area contributed by atoms with Crippen molar-refractivity contribution in [3.63, 3.8) is 0 Å². The van der Waals surface area contributed by atoms with Gasteiger partial charge in [-0.1, -0.05) is 60.6 Å². The number of hydrogen-bond acceptors (Lipinski definition) is 4. The lowest BCUT2D eigenvalue weighted by Gasteiger charge is -2.45. The third-order valence-corrected chi connectivity index (χ3v) is 11.5. The van der Waals surface area contributed by atoms with Crippen molar-refractivity contribution in [1.82, 2.24) is 0 Å². The number of aliphatic hydroxyl groups is 1. The van der Waals surface area contributed by atoms with E-state index in [1.807, 2.05) is 13.0 Å². The first kappa shape index (κ1) is 26.1. The van der Waals surface area contributed by atoms with Crippen molar-refractivity contribution in [2.45, 2.75) is 97.6 Å². The Balaban J connectivity index is 5.29. The van der Waals surface area contributed by atoms with Gasteiger partial charge in [0.05, 0.1) is 18.8 Å². The van der Waals surface area contributed by atoms with Gasteiger partial charge in [0.1, 0.15) is 0 Å². The molecule has 0 radical (unpaired) electrons. The van der Waals surface area contributed by atoms with Crippen molar-refractivity contribution in [2.75, 3.05) is 6.61 Å². The van der Waals surface area contributed by atoms with Crippen LogP contribution in [0.25, 0.3) is 0 Å². The molecule has 0 aliphatic heterocycles. The first-order chi connectivity index (χ1) is 12.4. The topological polar surface area (TPSA) is 55.8 Å². The molecule has 0 bridgehead atoms. The van der Waals surface area contributed by atoms with Crippen molar-refractivity contribution < 1.29 is 19.1 Å². The van der Waals surface area contributed by atoms with Crippen molar-refractivity contribution in [3.05, 3.63) is 24.3 Å². The summed E-state index contributed by atoms with van der Waals surface area (Å²) >= 11 is 0. The van der Waals surface area contributed by atoms with Gasteiger partial charge in [0.25, 0.3) is 0 Å². The average molecular weight is 399 g/mol. The molecule has 4 nitrogen and oxygen atoms in total. The summed E-state index contributed by atoms with van der Waals surface area (Å²) in [5.41, 5.74) is 1.89. The summed E-state index contributed by atoms with van der Waals surface area (Å²) in [6, 6.07) is 0. The van der Waals surface area contributed by atoms with E-state index in [0.717, 1.165) is 0 Å². The quantitative estimate of drug-likeness (QED) is 0.200. The summed E-state index contributed by atoms with van der Waals surface area (Å²) in [7, 11) is -2.11. The molecule has 0 heterocycles. The van der Waals surface area contributed by atoms with Crippen molar-refractivity contribution in [3.8, 4) is 0 Å². The van der Waals surface area contributed by atoms with Crippen LogP contribution in [0.1, 0.15) is 68.7 Å². The van der Waals surface area contributed by atoms with E-state index in [2.05, 4.69) is 48.1 Å². The van der Waals surface area contributed by atoms with E-state index < -0.39 is 20.5 Å². The Labute approximate surface area is 168 Å². The van der Waals surface area contributed by atoms with E-state index in [9.17, 15) is 9.90 Å². The van der Waals surface area contributed by atoms with E-state index in [-0.39, 0.29) is 11.9 Å². The van der Waals surface area contributed by atoms with Gasteiger partial charge in [-0.3, -0.25) is 0 Å². The second kappa shape index (κ2) is 11.8. The highest BCUT2D eigenvalue weighted by atomic mass is 28.4. The second-order valence-corrected chi connectivity index (χ2v) is 13.9. The molecule has 0 aliphatic carbocycles. The molecule has 158 valence electrons. The largest absolute Gasteiger partial charge is 0.463 e. The van der Waals surface area contributed by atoms with Crippen LogP contribution in [0, 0.1) is 5.92 Å². The van der Waals surface area contributed by atoms with Crippen LogP contribution in [0.4, 0.5) is 0 Å². The highest BCUT2D eigenvalue weighted by molar-refractivity contribution is 6.77. The Kier molecular flexibility index (Phi) is 11.4. The van der Waals surface area contributed by atoms with E-state index in [1.54, 1.807) is 19.9 Å². The molecule has 0 fully saturated rings. The summed E-state index contributed by atoms with van der Waals surface area (Å²) in [6.45, 7) is 23.2. The van der Waals surface area contributed by atoms with Crippen LogP contribution in [-0.4, -0.2) is 38.2 Å². The van der Waals surface area contributed by atoms with Crippen LogP contribution in [0.2, 0.25) is 16.6 Å². The number of esters is 1. The van der Waals surface area contributed by atoms with Gasteiger partial charge in [0.15, 0.2) is 0 Å². The van der Waals surface area contributed by atoms with Crippen molar-refractivity contribution in [1.29, 1.82) is 0 Å². The maximum Gasteiger partial charge on any atom is 0.333 e. The molecule has 0 aromatic heterocycles. The van der Waals surface area contributed by atoms with Gasteiger partial charge in [-0.25, -0.2) is 4.79 Å². The summed E-state index contributed by atoms with van der Waals surface area (Å²) in [4.78, 5) is 11.8. The Morgan fingerprint density at radius 2 is 1.56 bits per heavy atom. The zero-order valence-electron chi connectivity index (χ0n) is 18.9. The number of allylic oxidation sites excluding steroid dienone is 1. The molecule has 0 amide bonds. The minimum atomic E-state index is -2.11. The summed E-state index contributed by atoms with van der Waals surface area (Å²) in [6.07, 6.45) is 3.04. The molecular formula is C22H42O4Si. The van der Waals surface area contributed by atoms with Gasteiger partial charge in [0, 0.05) is 5.57 Å².